The van der Waals surface area contributed by atoms with Gasteiger partial charge in [0.1, 0.15) is 5.82 Å². The highest BCUT2D eigenvalue weighted by atomic mass is 32.2. The number of aromatic nitrogens is 3. The number of hydrogen-bond acceptors (Lipinski definition) is 5. The van der Waals surface area contributed by atoms with Crippen molar-refractivity contribution in [2.75, 3.05) is 6.54 Å². The van der Waals surface area contributed by atoms with E-state index >= 15 is 0 Å². The molecule has 8 nitrogen and oxygen atoms in total. The van der Waals surface area contributed by atoms with E-state index < -0.39 is 15.8 Å². The van der Waals surface area contributed by atoms with E-state index in [1.54, 1.807) is 13.1 Å². The van der Waals surface area contributed by atoms with Crippen molar-refractivity contribution in [3.63, 3.8) is 0 Å². The van der Waals surface area contributed by atoms with Gasteiger partial charge in [0.25, 0.3) is 0 Å². The summed E-state index contributed by atoms with van der Waals surface area (Å²) >= 11 is 0. The second-order valence-corrected chi connectivity index (χ2v) is 10.1. The third kappa shape index (κ3) is 3.02. The smallest absolute Gasteiger partial charge is 0.408 e. The Kier molecular flexibility index (Phi) is 4.56. The van der Waals surface area contributed by atoms with Gasteiger partial charge in [0.05, 0.1) is 27.5 Å². The van der Waals surface area contributed by atoms with E-state index in [4.69, 9.17) is 9.40 Å². The first kappa shape index (κ1) is 20.0. The van der Waals surface area contributed by atoms with Crippen molar-refractivity contribution in [2.24, 2.45) is 7.05 Å². The van der Waals surface area contributed by atoms with Crippen LogP contribution in [0.1, 0.15) is 44.6 Å². The van der Waals surface area contributed by atoms with E-state index in [2.05, 4.69) is 18.4 Å². The number of oxazole rings is 1. The SMILES string of the molecule is CC(C)n1c([C@@H]2CCCN2S(=O)(=O)c2ccc3c(c2)oc(=O)n3C)nc2ccccc21. The lowest BCUT2D eigenvalue weighted by molar-refractivity contribution is 0.368. The van der Waals surface area contributed by atoms with Crippen LogP contribution >= 0.6 is 0 Å². The zero-order valence-electron chi connectivity index (χ0n) is 17.6. The molecule has 0 unspecified atom stereocenters. The van der Waals surface area contributed by atoms with Gasteiger partial charge in [-0.25, -0.2) is 18.2 Å². The van der Waals surface area contributed by atoms with E-state index in [0.29, 0.717) is 18.5 Å². The minimum atomic E-state index is -3.80. The van der Waals surface area contributed by atoms with E-state index in [1.165, 1.54) is 21.0 Å². The minimum absolute atomic E-state index is 0.119. The van der Waals surface area contributed by atoms with E-state index in [0.717, 1.165) is 23.3 Å². The lowest BCUT2D eigenvalue weighted by Gasteiger charge is -2.25. The van der Waals surface area contributed by atoms with Gasteiger partial charge >= 0.3 is 5.76 Å². The second kappa shape index (κ2) is 7.06. The zero-order chi connectivity index (χ0) is 21.9. The van der Waals surface area contributed by atoms with Crippen molar-refractivity contribution < 1.29 is 12.8 Å². The van der Waals surface area contributed by atoms with Crippen LogP contribution in [-0.4, -0.2) is 33.4 Å². The maximum Gasteiger partial charge on any atom is 0.419 e. The topological polar surface area (TPSA) is 90.3 Å². The van der Waals surface area contributed by atoms with Gasteiger partial charge in [0.15, 0.2) is 5.58 Å². The van der Waals surface area contributed by atoms with Crippen LogP contribution in [0.4, 0.5) is 0 Å². The van der Waals surface area contributed by atoms with Crippen LogP contribution in [0.5, 0.6) is 0 Å². The maximum absolute atomic E-state index is 13.6. The molecule has 5 rings (SSSR count). The number of rotatable bonds is 4. The molecule has 0 spiro atoms. The highest BCUT2D eigenvalue weighted by Gasteiger charge is 2.39. The fourth-order valence-corrected chi connectivity index (χ4v) is 6.21. The Morgan fingerprint density at radius 3 is 2.68 bits per heavy atom. The van der Waals surface area contributed by atoms with E-state index in [9.17, 15) is 13.2 Å². The minimum Gasteiger partial charge on any atom is -0.408 e. The Balaban J connectivity index is 1.62. The fourth-order valence-electron chi connectivity index (χ4n) is 4.54. The fraction of sp³-hybridized carbons (Fsp3) is 0.364. The predicted octanol–water partition coefficient (Wildman–Crippen LogP) is 3.59. The van der Waals surface area contributed by atoms with Crippen LogP contribution in [-0.2, 0) is 17.1 Å². The van der Waals surface area contributed by atoms with Crippen molar-refractivity contribution in [1.82, 2.24) is 18.4 Å². The number of aryl methyl sites for hydroxylation is 1. The number of nitrogens with zero attached hydrogens (tertiary/aromatic N) is 4. The molecule has 3 heterocycles. The Morgan fingerprint density at radius 2 is 1.90 bits per heavy atom. The van der Waals surface area contributed by atoms with Gasteiger partial charge in [0, 0.05) is 25.7 Å². The van der Waals surface area contributed by atoms with Crippen LogP contribution in [0, 0.1) is 0 Å². The lowest BCUT2D eigenvalue weighted by atomic mass is 10.2. The Labute approximate surface area is 179 Å². The summed E-state index contributed by atoms with van der Waals surface area (Å²) in [6, 6.07) is 12.3. The first-order valence-corrected chi connectivity index (χ1v) is 11.8. The molecule has 1 saturated heterocycles. The monoisotopic (exact) mass is 440 g/mol. The summed E-state index contributed by atoms with van der Waals surface area (Å²) in [5.74, 6) is 0.249. The van der Waals surface area contributed by atoms with E-state index in [1.807, 2.05) is 24.3 Å². The molecule has 1 aliphatic heterocycles. The van der Waals surface area contributed by atoms with Crippen molar-refractivity contribution in [3.05, 3.63) is 58.8 Å². The summed E-state index contributed by atoms with van der Waals surface area (Å²) < 4.78 is 37.5. The molecule has 0 radical (unpaired) electrons. The lowest BCUT2D eigenvalue weighted by Crippen LogP contribution is -2.32. The number of imidazole rings is 1. The average Bonchev–Trinajstić information content (AvgIpc) is 3.43. The van der Waals surface area contributed by atoms with Crippen LogP contribution in [0.15, 0.2) is 56.6 Å². The Hall–Kier alpha value is -2.91. The third-order valence-corrected chi connectivity index (χ3v) is 7.92. The Morgan fingerprint density at radius 1 is 1.13 bits per heavy atom. The van der Waals surface area contributed by atoms with Gasteiger partial charge in [-0.15, -0.1) is 0 Å². The number of hydrogen-bond donors (Lipinski definition) is 0. The molecule has 0 saturated carbocycles. The van der Waals surface area contributed by atoms with Gasteiger partial charge in [0.2, 0.25) is 10.0 Å². The molecule has 2 aromatic carbocycles. The molecule has 4 aromatic rings. The quantitative estimate of drug-likeness (QED) is 0.484. The zero-order valence-corrected chi connectivity index (χ0v) is 18.5. The molecular formula is C22H24N4O4S. The second-order valence-electron chi connectivity index (χ2n) is 8.25. The standard InChI is InChI=1S/C22H24N4O4S/c1-14(2)26-17-8-5-4-7-16(17)23-21(26)19-9-6-12-25(19)31(28,29)15-10-11-18-20(13-15)30-22(27)24(18)3/h4-5,7-8,10-11,13-14,19H,6,9,12H2,1-3H3/t19-/m0/s1. The van der Waals surface area contributed by atoms with Gasteiger partial charge in [-0.1, -0.05) is 12.1 Å². The van der Waals surface area contributed by atoms with Gasteiger partial charge < -0.3 is 8.98 Å². The van der Waals surface area contributed by atoms with Crippen molar-refractivity contribution in [2.45, 2.75) is 43.7 Å². The van der Waals surface area contributed by atoms with Crippen LogP contribution in [0.3, 0.4) is 0 Å². The first-order chi connectivity index (χ1) is 14.8. The molecule has 0 amide bonds. The predicted molar refractivity (Wildman–Crippen MR) is 117 cm³/mol. The Bertz CT molecular complexity index is 1460. The molecule has 162 valence electrons. The molecule has 0 bridgehead atoms. The molecular weight excluding hydrogens is 416 g/mol. The number of sulfonamides is 1. The van der Waals surface area contributed by atoms with Crippen molar-refractivity contribution in [3.8, 4) is 0 Å². The molecule has 2 aromatic heterocycles. The van der Waals surface area contributed by atoms with E-state index in [-0.39, 0.29) is 22.6 Å². The molecule has 0 aliphatic carbocycles. The first-order valence-electron chi connectivity index (χ1n) is 10.4. The molecule has 1 atom stereocenters. The normalized spacial score (nSPS) is 18.0. The summed E-state index contributed by atoms with van der Waals surface area (Å²) in [6.45, 7) is 4.58. The third-order valence-electron chi connectivity index (χ3n) is 6.01. The maximum atomic E-state index is 13.6. The highest BCUT2D eigenvalue weighted by molar-refractivity contribution is 7.89. The average molecular weight is 441 g/mol. The molecule has 0 N–H and O–H groups in total. The molecule has 31 heavy (non-hydrogen) atoms. The summed E-state index contributed by atoms with van der Waals surface area (Å²) in [5.41, 5.74) is 2.69. The van der Waals surface area contributed by atoms with Crippen molar-refractivity contribution in [1.29, 1.82) is 0 Å². The van der Waals surface area contributed by atoms with Crippen LogP contribution in [0.25, 0.3) is 22.1 Å². The number of benzene rings is 2. The van der Waals surface area contributed by atoms with Gasteiger partial charge in [-0.3, -0.25) is 4.57 Å². The molecule has 1 fully saturated rings. The number of para-hydroxylation sites is 2. The van der Waals surface area contributed by atoms with Gasteiger partial charge in [-0.05, 0) is 51.0 Å². The summed E-state index contributed by atoms with van der Waals surface area (Å²) in [4.78, 5) is 16.8. The highest BCUT2D eigenvalue weighted by Crippen LogP contribution is 2.38. The summed E-state index contributed by atoms with van der Waals surface area (Å²) in [7, 11) is -2.21. The summed E-state index contributed by atoms with van der Waals surface area (Å²) in [6.07, 6.45) is 1.46. The van der Waals surface area contributed by atoms with Crippen LogP contribution in [0.2, 0.25) is 0 Å². The largest absolute Gasteiger partial charge is 0.419 e. The number of fused-ring (bicyclic) bond motifs is 2. The van der Waals surface area contributed by atoms with Crippen LogP contribution < -0.4 is 5.76 Å². The van der Waals surface area contributed by atoms with Gasteiger partial charge in [-0.2, -0.15) is 4.31 Å². The van der Waals surface area contributed by atoms with Crippen molar-refractivity contribution >= 4 is 32.2 Å². The molecule has 1 aliphatic rings. The molecule has 9 heteroatoms. The summed E-state index contributed by atoms with van der Waals surface area (Å²) in [5, 5.41) is 0.